The third-order valence-electron chi connectivity index (χ3n) is 2.66. The topological polar surface area (TPSA) is 26.3 Å². The Morgan fingerprint density at radius 2 is 1.61 bits per heavy atom. The molecule has 18 heavy (non-hydrogen) atoms. The van der Waals surface area contributed by atoms with Gasteiger partial charge in [-0.2, -0.15) is 0 Å². The molecule has 0 saturated carbocycles. The van der Waals surface area contributed by atoms with Crippen LogP contribution in [0.5, 0.6) is 5.75 Å². The molecule has 0 bridgehead atoms. The van der Waals surface area contributed by atoms with Crippen LogP contribution in [0.2, 0.25) is 0 Å². The van der Waals surface area contributed by atoms with Gasteiger partial charge >= 0.3 is 5.97 Å². The Hall–Kier alpha value is -1.61. The third kappa shape index (κ3) is 2.79. The minimum atomic E-state index is -0.316. The second-order valence-corrected chi connectivity index (χ2v) is 5.03. The summed E-state index contributed by atoms with van der Waals surface area (Å²) in [4.78, 5) is 12.1. The van der Waals surface area contributed by atoms with Crippen LogP contribution in [0, 0.1) is 13.8 Å². The highest BCUT2D eigenvalue weighted by molar-refractivity contribution is 9.10. The molecule has 0 atom stereocenters. The van der Waals surface area contributed by atoms with E-state index in [2.05, 4.69) is 15.9 Å². The number of benzene rings is 2. The molecule has 0 spiro atoms. The van der Waals surface area contributed by atoms with Crippen molar-refractivity contribution in [2.24, 2.45) is 0 Å². The largest absolute Gasteiger partial charge is 0.423 e. The van der Waals surface area contributed by atoms with Gasteiger partial charge in [0.05, 0.1) is 5.56 Å². The number of aryl methyl sites for hydroxylation is 2. The molecule has 2 nitrogen and oxygen atoms in total. The van der Waals surface area contributed by atoms with Crippen LogP contribution in [0.3, 0.4) is 0 Å². The van der Waals surface area contributed by atoms with Gasteiger partial charge in [-0.3, -0.25) is 0 Å². The van der Waals surface area contributed by atoms with E-state index in [1.165, 1.54) is 0 Å². The van der Waals surface area contributed by atoms with Crippen LogP contribution in [0.4, 0.5) is 0 Å². The van der Waals surface area contributed by atoms with Gasteiger partial charge in [0.25, 0.3) is 0 Å². The Bertz CT molecular complexity index is 553. The molecule has 0 fully saturated rings. The first-order chi connectivity index (χ1) is 8.58. The Labute approximate surface area is 115 Å². The summed E-state index contributed by atoms with van der Waals surface area (Å²) in [7, 11) is 0. The number of ether oxygens (including phenoxy) is 1. The summed E-state index contributed by atoms with van der Waals surface area (Å²) < 4.78 is 6.31. The van der Waals surface area contributed by atoms with Gasteiger partial charge in [0.2, 0.25) is 0 Å². The number of carbonyl (C=O) groups is 1. The SMILES string of the molecule is Cc1cc(Br)cc(C)c1C(=O)Oc1ccccc1. The fourth-order valence-electron chi connectivity index (χ4n) is 1.88. The van der Waals surface area contributed by atoms with Crippen LogP contribution in [0.25, 0.3) is 0 Å². The molecule has 0 N–H and O–H groups in total. The molecule has 2 aromatic rings. The van der Waals surface area contributed by atoms with Gasteiger partial charge in [0.15, 0.2) is 0 Å². The number of halogens is 1. The lowest BCUT2D eigenvalue weighted by atomic mass is 10.0. The van der Waals surface area contributed by atoms with Crippen molar-refractivity contribution in [3.63, 3.8) is 0 Å². The minimum absolute atomic E-state index is 0.316. The molecule has 0 aliphatic rings. The molecule has 0 aliphatic heterocycles. The molecule has 3 heteroatoms. The second-order valence-electron chi connectivity index (χ2n) is 4.12. The van der Waals surface area contributed by atoms with E-state index in [0.29, 0.717) is 11.3 Å². The predicted molar refractivity (Wildman–Crippen MR) is 75.0 cm³/mol. The van der Waals surface area contributed by atoms with Crippen molar-refractivity contribution in [1.82, 2.24) is 0 Å². The molecular formula is C15H13BrO2. The van der Waals surface area contributed by atoms with Crippen LogP contribution in [-0.4, -0.2) is 5.97 Å². The zero-order valence-electron chi connectivity index (χ0n) is 10.2. The minimum Gasteiger partial charge on any atom is -0.423 e. The lowest BCUT2D eigenvalue weighted by Gasteiger charge is -2.10. The average molecular weight is 305 g/mol. The summed E-state index contributed by atoms with van der Waals surface area (Å²) in [5.41, 5.74) is 2.44. The van der Waals surface area contributed by atoms with E-state index >= 15 is 0 Å². The zero-order chi connectivity index (χ0) is 13.1. The van der Waals surface area contributed by atoms with E-state index in [4.69, 9.17) is 4.74 Å². The molecule has 2 aromatic carbocycles. The van der Waals surface area contributed by atoms with Crippen LogP contribution >= 0.6 is 15.9 Å². The number of para-hydroxylation sites is 1. The molecular weight excluding hydrogens is 292 g/mol. The molecule has 0 aromatic heterocycles. The molecule has 0 unspecified atom stereocenters. The summed E-state index contributed by atoms with van der Waals surface area (Å²) in [6, 6.07) is 12.9. The molecule has 0 radical (unpaired) electrons. The summed E-state index contributed by atoms with van der Waals surface area (Å²) >= 11 is 3.41. The number of esters is 1. The van der Waals surface area contributed by atoms with Gasteiger partial charge in [-0.1, -0.05) is 34.1 Å². The quantitative estimate of drug-likeness (QED) is 0.611. The second kappa shape index (κ2) is 5.36. The van der Waals surface area contributed by atoms with Crippen LogP contribution in [0.1, 0.15) is 21.5 Å². The zero-order valence-corrected chi connectivity index (χ0v) is 11.8. The van der Waals surface area contributed by atoms with E-state index in [-0.39, 0.29) is 5.97 Å². The Balaban J connectivity index is 2.30. The third-order valence-corrected chi connectivity index (χ3v) is 3.11. The first-order valence-electron chi connectivity index (χ1n) is 5.62. The van der Waals surface area contributed by atoms with Gasteiger partial charge in [-0.05, 0) is 49.2 Å². The number of hydrogen-bond acceptors (Lipinski definition) is 2. The molecule has 0 saturated heterocycles. The standard InChI is InChI=1S/C15H13BrO2/c1-10-8-12(16)9-11(2)14(10)15(17)18-13-6-4-3-5-7-13/h3-9H,1-2H3. The van der Waals surface area contributed by atoms with E-state index < -0.39 is 0 Å². The fraction of sp³-hybridized carbons (Fsp3) is 0.133. The fourth-order valence-corrected chi connectivity index (χ4v) is 2.57. The van der Waals surface area contributed by atoms with Crippen molar-refractivity contribution in [3.05, 3.63) is 63.6 Å². The van der Waals surface area contributed by atoms with Crippen molar-refractivity contribution < 1.29 is 9.53 Å². The smallest absolute Gasteiger partial charge is 0.344 e. The number of carbonyl (C=O) groups excluding carboxylic acids is 1. The summed E-state index contributed by atoms with van der Waals surface area (Å²) in [6.07, 6.45) is 0. The first kappa shape index (κ1) is 12.8. The van der Waals surface area contributed by atoms with Gasteiger partial charge < -0.3 is 4.74 Å². The average Bonchev–Trinajstić information content (AvgIpc) is 2.28. The van der Waals surface area contributed by atoms with Crippen LogP contribution < -0.4 is 4.74 Å². The lowest BCUT2D eigenvalue weighted by Crippen LogP contribution is -2.12. The molecule has 0 aliphatic carbocycles. The van der Waals surface area contributed by atoms with Crippen molar-refractivity contribution in [2.75, 3.05) is 0 Å². The van der Waals surface area contributed by atoms with Crippen molar-refractivity contribution in [1.29, 1.82) is 0 Å². The maximum atomic E-state index is 12.1. The summed E-state index contributed by atoms with van der Waals surface area (Å²) in [6.45, 7) is 3.80. The van der Waals surface area contributed by atoms with Gasteiger partial charge in [0.1, 0.15) is 5.75 Å². The van der Waals surface area contributed by atoms with E-state index in [1.807, 2.05) is 44.2 Å². The summed E-state index contributed by atoms with van der Waals surface area (Å²) in [5.74, 6) is 0.243. The van der Waals surface area contributed by atoms with E-state index in [9.17, 15) is 4.79 Å². The first-order valence-corrected chi connectivity index (χ1v) is 6.41. The van der Waals surface area contributed by atoms with Crippen molar-refractivity contribution in [3.8, 4) is 5.75 Å². The predicted octanol–water partition coefficient (Wildman–Crippen LogP) is 4.29. The summed E-state index contributed by atoms with van der Waals surface area (Å²) in [5, 5.41) is 0. The Kier molecular flexibility index (Phi) is 3.82. The van der Waals surface area contributed by atoms with Gasteiger partial charge in [-0.25, -0.2) is 4.79 Å². The van der Waals surface area contributed by atoms with Crippen molar-refractivity contribution >= 4 is 21.9 Å². The van der Waals surface area contributed by atoms with E-state index in [0.717, 1.165) is 15.6 Å². The normalized spacial score (nSPS) is 10.2. The molecule has 2 rings (SSSR count). The van der Waals surface area contributed by atoms with Gasteiger partial charge in [0, 0.05) is 4.47 Å². The highest BCUT2D eigenvalue weighted by Gasteiger charge is 2.15. The Morgan fingerprint density at radius 1 is 1.06 bits per heavy atom. The lowest BCUT2D eigenvalue weighted by molar-refractivity contribution is 0.0733. The highest BCUT2D eigenvalue weighted by atomic mass is 79.9. The van der Waals surface area contributed by atoms with Crippen LogP contribution in [0.15, 0.2) is 46.9 Å². The van der Waals surface area contributed by atoms with Crippen LogP contribution in [-0.2, 0) is 0 Å². The Morgan fingerprint density at radius 3 is 2.17 bits per heavy atom. The van der Waals surface area contributed by atoms with Gasteiger partial charge in [-0.15, -0.1) is 0 Å². The number of rotatable bonds is 2. The highest BCUT2D eigenvalue weighted by Crippen LogP contribution is 2.22. The monoisotopic (exact) mass is 304 g/mol. The maximum absolute atomic E-state index is 12.1. The molecule has 0 heterocycles. The number of hydrogen-bond donors (Lipinski definition) is 0. The van der Waals surface area contributed by atoms with E-state index in [1.54, 1.807) is 12.1 Å². The molecule has 0 amide bonds. The molecule has 92 valence electrons. The maximum Gasteiger partial charge on any atom is 0.344 e. The van der Waals surface area contributed by atoms with Crippen molar-refractivity contribution in [2.45, 2.75) is 13.8 Å².